The van der Waals surface area contributed by atoms with Gasteiger partial charge in [0.1, 0.15) is 5.84 Å². The summed E-state index contributed by atoms with van der Waals surface area (Å²) in [6.45, 7) is 0.289. The number of amidine groups is 1. The molecule has 1 fully saturated rings. The van der Waals surface area contributed by atoms with Crippen molar-refractivity contribution in [2.24, 2.45) is 5.73 Å². The van der Waals surface area contributed by atoms with Gasteiger partial charge in [-0.05, 0) is 48.5 Å². The average molecular weight is 412 g/mol. The summed E-state index contributed by atoms with van der Waals surface area (Å²) in [6, 6.07) is 11.8. The number of nitrogens with zero attached hydrogens (tertiary/aromatic N) is 1. The number of hydrogen-bond acceptors (Lipinski definition) is 6. The number of aliphatic hydroxyl groups excluding tert-OH is 1. The first-order valence-electron chi connectivity index (χ1n) is 8.97. The molecule has 1 saturated heterocycles. The SMILES string of the molecule is N=C(N)c1ccc(NC(=O)C(O)C2OCCN(c3ccc(C(=O)O)cc3)C2=O)cc1. The molecule has 2 aromatic carbocycles. The van der Waals surface area contributed by atoms with Crippen LogP contribution in [0.25, 0.3) is 0 Å². The van der Waals surface area contributed by atoms with E-state index in [9.17, 15) is 19.5 Å². The second-order valence-corrected chi connectivity index (χ2v) is 6.56. The van der Waals surface area contributed by atoms with Crippen molar-refractivity contribution in [1.29, 1.82) is 5.41 Å². The zero-order valence-electron chi connectivity index (χ0n) is 15.7. The van der Waals surface area contributed by atoms with Gasteiger partial charge in [0.2, 0.25) is 0 Å². The number of rotatable bonds is 6. The standard InChI is InChI=1S/C20H20N4O6/c21-17(22)11-1-5-13(6-2-11)23-18(26)15(25)16-19(27)24(9-10-30-16)14-7-3-12(4-8-14)20(28)29/h1-8,15-16,25H,9-10H2,(H3,21,22)(H,23,26)(H,28,29). The number of aromatic carboxylic acids is 1. The molecule has 0 radical (unpaired) electrons. The molecule has 156 valence electrons. The summed E-state index contributed by atoms with van der Waals surface area (Å²) in [4.78, 5) is 37.5. The van der Waals surface area contributed by atoms with Crippen LogP contribution in [0, 0.1) is 5.41 Å². The number of carboxylic acids is 1. The molecule has 2 aromatic rings. The molecule has 2 amide bonds. The van der Waals surface area contributed by atoms with E-state index in [2.05, 4.69) is 5.32 Å². The van der Waals surface area contributed by atoms with Crippen molar-refractivity contribution >= 4 is 35.0 Å². The summed E-state index contributed by atoms with van der Waals surface area (Å²) in [6.07, 6.45) is -3.17. The van der Waals surface area contributed by atoms with E-state index >= 15 is 0 Å². The summed E-state index contributed by atoms with van der Waals surface area (Å²) in [7, 11) is 0. The summed E-state index contributed by atoms with van der Waals surface area (Å²) in [5.41, 5.74) is 6.72. The van der Waals surface area contributed by atoms with Gasteiger partial charge in [0, 0.05) is 23.5 Å². The van der Waals surface area contributed by atoms with E-state index in [1.54, 1.807) is 0 Å². The lowest BCUT2D eigenvalue weighted by atomic mass is 10.1. The second-order valence-electron chi connectivity index (χ2n) is 6.56. The fourth-order valence-electron chi connectivity index (χ4n) is 2.96. The number of nitrogen functional groups attached to an aromatic ring is 1. The minimum Gasteiger partial charge on any atom is -0.478 e. The van der Waals surface area contributed by atoms with E-state index in [0.29, 0.717) is 16.9 Å². The number of aliphatic hydroxyl groups is 1. The number of morpholine rings is 1. The van der Waals surface area contributed by atoms with Crippen LogP contribution in [0.2, 0.25) is 0 Å². The van der Waals surface area contributed by atoms with E-state index in [-0.39, 0.29) is 24.6 Å². The third kappa shape index (κ3) is 4.45. The lowest BCUT2D eigenvalue weighted by molar-refractivity contribution is -0.150. The predicted octanol–water partition coefficient (Wildman–Crippen LogP) is 0.400. The lowest BCUT2D eigenvalue weighted by Gasteiger charge is -2.34. The smallest absolute Gasteiger partial charge is 0.335 e. The van der Waals surface area contributed by atoms with Crippen LogP contribution in [-0.4, -0.2) is 59.2 Å². The number of carbonyl (C=O) groups is 3. The highest BCUT2D eigenvalue weighted by Crippen LogP contribution is 2.22. The normalized spacial score (nSPS) is 17.3. The van der Waals surface area contributed by atoms with Crippen LogP contribution in [0.4, 0.5) is 11.4 Å². The third-order valence-corrected chi connectivity index (χ3v) is 4.57. The molecule has 0 aliphatic carbocycles. The van der Waals surface area contributed by atoms with Crippen molar-refractivity contribution in [2.75, 3.05) is 23.4 Å². The first-order chi connectivity index (χ1) is 14.3. The Hall–Kier alpha value is -3.76. The van der Waals surface area contributed by atoms with Gasteiger partial charge in [-0.15, -0.1) is 0 Å². The van der Waals surface area contributed by atoms with Gasteiger partial charge in [-0.1, -0.05) is 0 Å². The maximum atomic E-state index is 12.8. The number of ether oxygens (including phenoxy) is 1. The fourth-order valence-corrected chi connectivity index (χ4v) is 2.96. The van der Waals surface area contributed by atoms with Crippen LogP contribution >= 0.6 is 0 Å². The van der Waals surface area contributed by atoms with E-state index in [1.165, 1.54) is 53.4 Å². The highest BCUT2D eigenvalue weighted by atomic mass is 16.5. The summed E-state index contributed by atoms with van der Waals surface area (Å²) in [5.74, 6) is -2.65. The number of benzene rings is 2. The number of carboxylic acid groups (broad SMARTS) is 1. The molecule has 10 heteroatoms. The van der Waals surface area contributed by atoms with Crippen molar-refractivity contribution in [2.45, 2.75) is 12.2 Å². The number of carbonyl (C=O) groups excluding carboxylic acids is 2. The number of nitrogens with one attached hydrogen (secondary N) is 2. The van der Waals surface area contributed by atoms with Crippen LogP contribution in [0.1, 0.15) is 15.9 Å². The Morgan fingerprint density at radius 1 is 1.13 bits per heavy atom. The van der Waals surface area contributed by atoms with Crippen LogP contribution in [-0.2, 0) is 14.3 Å². The van der Waals surface area contributed by atoms with Crippen molar-refractivity contribution in [3.63, 3.8) is 0 Å². The molecule has 2 unspecified atom stereocenters. The molecule has 1 heterocycles. The molecular weight excluding hydrogens is 392 g/mol. The molecule has 0 spiro atoms. The van der Waals surface area contributed by atoms with Crippen LogP contribution < -0.4 is 16.0 Å². The largest absolute Gasteiger partial charge is 0.478 e. The highest BCUT2D eigenvalue weighted by molar-refractivity contribution is 6.04. The minimum atomic E-state index is -1.76. The zero-order chi connectivity index (χ0) is 21.8. The molecule has 0 aromatic heterocycles. The van der Waals surface area contributed by atoms with Gasteiger partial charge >= 0.3 is 5.97 Å². The zero-order valence-corrected chi connectivity index (χ0v) is 15.7. The number of anilines is 2. The third-order valence-electron chi connectivity index (χ3n) is 4.57. The monoisotopic (exact) mass is 412 g/mol. The molecule has 3 rings (SSSR count). The quantitative estimate of drug-likeness (QED) is 0.338. The Kier molecular flexibility index (Phi) is 6.09. The number of hydrogen-bond donors (Lipinski definition) is 5. The van der Waals surface area contributed by atoms with Crippen molar-refractivity contribution in [3.8, 4) is 0 Å². The van der Waals surface area contributed by atoms with Crippen molar-refractivity contribution in [1.82, 2.24) is 0 Å². The van der Waals surface area contributed by atoms with Gasteiger partial charge in [0.15, 0.2) is 12.2 Å². The fraction of sp³-hybridized carbons (Fsp3) is 0.200. The van der Waals surface area contributed by atoms with Gasteiger partial charge in [-0.2, -0.15) is 0 Å². The van der Waals surface area contributed by atoms with E-state index < -0.39 is 30.0 Å². The Morgan fingerprint density at radius 2 is 1.73 bits per heavy atom. The molecule has 30 heavy (non-hydrogen) atoms. The molecule has 0 saturated carbocycles. The number of amides is 2. The summed E-state index contributed by atoms with van der Waals surface area (Å²) < 4.78 is 5.33. The maximum absolute atomic E-state index is 12.8. The Morgan fingerprint density at radius 3 is 2.30 bits per heavy atom. The first kappa shape index (κ1) is 21.0. The van der Waals surface area contributed by atoms with E-state index in [4.69, 9.17) is 21.0 Å². The molecule has 1 aliphatic rings. The maximum Gasteiger partial charge on any atom is 0.335 e. The van der Waals surface area contributed by atoms with Crippen LogP contribution in [0.15, 0.2) is 48.5 Å². The summed E-state index contributed by atoms with van der Waals surface area (Å²) in [5, 5.41) is 29.2. The average Bonchev–Trinajstić information content (AvgIpc) is 2.74. The highest BCUT2D eigenvalue weighted by Gasteiger charge is 2.39. The molecule has 0 bridgehead atoms. The van der Waals surface area contributed by atoms with Crippen LogP contribution in [0.5, 0.6) is 0 Å². The Labute approximate surface area is 171 Å². The molecule has 6 N–H and O–H groups in total. The molecular formula is C20H20N4O6. The van der Waals surface area contributed by atoms with Crippen molar-refractivity contribution < 1.29 is 29.3 Å². The van der Waals surface area contributed by atoms with Gasteiger partial charge in [-0.3, -0.25) is 15.0 Å². The minimum absolute atomic E-state index is 0.0752. The predicted molar refractivity (Wildman–Crippen MR) is 108 cm³/mol. The topological polar surface area (TPSA) is 166 Å². The number of nitrogens with two attached hydrogens (primary N) is 1. The molecule has 10 nitrogen and oxygen atoms in total. The van der Waals surface area contributed by atoms with Gasteiger partial charge in [-0.25, -0.2) is 4.79 Å². The first-order valence-corrected chi connectivity index (χ1v) is 8.97. The Bertz CT molecular complexity index is 974. The van der Waals surface area contributed by atoms with Gasteiger partial charge in [0.25, 0.3) is 11.8 Å². The van der Waals surface area contributed by atoms with Crippen LogP contribution in [0.3, 0.4) is 0 Å². The second kappa shape index (κ2) is 8.72. The molecule has 2 atom stereocenters. The Balaban J connectivity index is 1.69. The van der Waals surface area contributed by atoms with E-state index in [0.717, 1.165) is 0 Å². The van der Waals surface area contributed by atoms with Crippen molar-refractivity contribution in [3.05, 3.63) is 59.7 Å². The van der Waals surface area contributed by atoms with E-state index in [1.807, 2.05) is 0 Å². The summed E-state index contributed by atoms with van der Waals surface area (Å²) >= 11 is 0. The van der Waals surface area contributed by atoms with Gasteiger partial charge < -0.3 is 30.9 Å². The van der Waals surface area contributed by atoms with Gasteiger partial charge in [0.05, 0.1) is 12.2 Å². The lowest BCUT2D eigenvalue weighted by Crippen LogP contribution is -2.55. The molecule has 1 aliphatic heterocycles.